The molecule has 4 nitrogen and oxygen atoms in total. The van der Waals surface area contributed by atoms with Crippen LogP contribution in [0.15, 0.2) is 0 Å². The van der Waals surface area contributed by atoms with Crippen molar-refractivity contribution in [3.8, 4) is 0 Å². The molecule has 1 N–H and O–H groups in total. The molecular formula is C8H17N2O2P. The van der Waals surface area contributed by atoms with Crippen LogP contribution in [0.4, 0.5) is 0 Å². The molecule has 76 valence electrons. The van der Waals surface area contributed by atoms with Crippen LogP contribution in [-0.4, -0.2) is 40.4 Å². The van der Waals surface area contributed by atoms with Gasteiger partial charge in [-0.2, -0.15) is 0 Å². The van der Waals surface area contributed by atoms with Crippen LogP contribution in [0, 0.1) is 0 Å². The van der Waals surface area contributed by atoms with Crippen LogP contribution < -0.4 is 0 Å². The van der Waals surface area contributed by atoms with E-state index in [1.807, 2.05) is 0 Å². The minimum absolute atomic E-state index is 0.796. The van der Waals surface area contributed by atoms with E-state index in [1.54, 1.807) is 9.34 Å². The van der Waals surface area contributed by atoms with Crippen molar-refractivity contribution >= 4 is 7.67 Å². The van der Waals surface area contributed by atoms with Gasteiger partial charge in [0, 0.05) is 26.2 Å². The molecule has 2 saturated heterocycles. The van der Waals surface area contributed by atoms with E-state index in [4.69, 9.17) is 0 Å². The lowest BCUT2D eigenvalue weighted by molar-refractivity contribution is 0.308. The van der Waals surface area contributed by atoms with Gasteiger partial charge in [-0.25, -0.2) is 9.34 Å². The van der Waals surface area contributed by atoms with E-state index in [2.05, 4.69) is 0 Å². The Kier molecular flexibility index (Phi) is 2.75. The average Bonchev–Trinajstić information content (AvgIpc) is 2.78. The SMILES string of the molecule is O=P(O)(N1CCCC1)N1CCCC1. The van der Waals surface area contributed by atoms with Crippen LogP contribution in [0.1, 0.15) is 25.7 Å². The Morgan fingerprint density at radius 3 is 1.46 bits per heavy atom. The average molecular weight is 204 g/mol. The summed E-state index contributed by atoms with van der Waals surface area (Å²) in [6.07, 6.45) is 4.27. The van der Waals surface area contributed by atoms with E-state index in [0.29, 0.717) is 0 Å². The highest BCUT2D eigenvalue weighted by molar-refractivity contribution is 7.52. The van der Waals surface area contributed by atoms with Gasteiger partial charge in [0.2, 0.25) is 0 Å². The maximum Gasteiger partial charge on any atom is 0.343 e. The predicted octanol–water partition coefficient (Wildman–Crippen LogP) is 1.28. The summed E-state index contributed by atoms with van der Waals surface area (Å²) in [6.45, 7) is 3.18. The van der Waals surface area contributed by atoms with Crippen molar-refractivity contribution in [3.63, 3.8) is 0 Å². The highest BCUT2D eigenvalue weighted by Crippen LogP contribution is 2.52. The maximum absolute atomic E-state index is 12.0. The summed E-state index contributed by atoms with van der Waals surface area (Å²) in [5, 5.41) is 0. The van der Waals surface area contributed by atoms with E-state index in [0.717, 1.165) is 51.9 Å². The third-order valence-electron chi connectivity index (χ3n) is 2.90. The molecule has 0 aliphatic carbocycles. The number of rotatable bonds is 2. The molecule has 5 heteroatoms. The second-order valence-corrected chi connectivity index (χ2v) is 5.99. The summed E-state index contributed by atoms with van der Waals surface area (Å²) < 4.78 is 15.6. The molecule has 2 aliphatic heterocycles. The Morgan fingerprint density at radius 2 is 1.15 bits per heavy atom. The zero-order chi connectivity index (χ0) is 9.31. The Labute approximate surface area is 79.1 Å². The Hall–Kier alpha value is 0.110. The molecule has 0 radical (unpaired) electrons. The zero-order valence-electron chi connectivity index (χ0n) is 7.85. The standard InChI is InChI=1S/C8H17N2O2P/c11-13(12,9-5-1-2-6-9)10-7-3-4-8-10/h1-8H2,(H,11,12). The van der Waals surface area contributed by atoms with Crippen LogP contribution in [0.25, 0.3) is 0 Å². The molecule has 0 saturated carbocycles. The molecule has 0 aromatic heterocycles. The summed E-state index contributed by atoms with van der Waals surface area (Å²) in [6, 6.07) is 0. The largest absolute Gasteiger partial charge is 0.343 e. The highest BCUT2D eigenvalue weighted by atomic mass is 31.2. The van der Waals surface area contributed by atoms with E-state index in [9.17, 15) is 9.46 Å². The van der Waals surface area contributed by atoms with Crippen LogP contribution in [-0.2, 0) is 4.57 Å². The lowest BCUT2D eigenvalue weighted by Crippen LogP contribution is -2.27. The van der Waals surface area contributed by atoms with Crippen molar-refractivity contribution in [2.75, 3.05) is 26.2 Å². The highest BCUT2D eigenvalue weighted by Gasteiger charge is 2.37. The molecule has 2 aliphatic rings. The van der Waals surface area contributed by atoms with Crippen LogP contribution in [0.5, 0.6) is 0 Å². The minimum Gasteiger partial charge on any atom is -0.322 e. The second-order valence-electron chi connectivity index (χ2n) is 3.83. The Morgan fingerprint density at radius 1 is 0.846 bits per heavy atom. The molecule has 2 fully saturated rings. The topological polar surface area (TPSA) is 43.8 Å². The fourth-order valence-corrected chi connectivity index (χ4v) is 4.07. The third-order valence-corrected chi connectivity index (χ3v) is 5.18. The normalized spacial score (nSPS) is 27.2. The van der Waals surface area contributed by atoms with Crippen molar-refractivity contribution in [2.45, 2.75) is 25.7 Å². The molecule has 0 unspecified atom stereocenters. The van der Waals surface area contributed by atoms with Gasteiger partial charge in [-0.15, -0.1) is 0 Å². The number of nitrogens with zero attached hydrogens (tertiary/aromatic N) is 2. The first kappa shape index (κ1) is 9.66. The van der Waals surface area contributed by atoms with Crippen LogP contribution in [0.2, 0.25) is 0 Å². The first-order valence-corrected chi connectivity index (χ1v) is 6.61. The lowest BCUT2D eigenvalue weighted by Gasteiger charge is -2.29. The van der Waals surface area contributed by atoms with Gasteiger partial charge >= 0.3 is 7.67 Å². The maximum atomic E-state index is 12.0. The summed E-state index contributed by atoms with van der Waals surface area (Å²) in [5.74, 6) is 0. The molecule has 0 amide bonds. The molecule has 2 rings (SSSR count). The van der Waals surface area contributed by atoms with Gasteiger partial charge < -0.3 is 4.89 Å². The first-order chi connectivity index (χ1) is 6.21. The fourth-order valence-electron chi connectivity index (χ4n) is 2.10. The summed E-state index contributed by atoms with van der Waals surface area (Å²) in [7, 11) is -3.12. The summed E-state index contributed by atoms with van der Waals surface area (Å²) in [4.78, 5) is 9.92. The van der Waals surface area contributed by atoms with Gasteiger partial charge in [0.1, 0.15) is 0 Å². The minimum atomic E-state index is -3.12. The van der Waals surface area contributed by atoms with E-state index >= 15 is 0 Å². The second kappa shape index (κ2) is 3.70. The molecule has 0 bridgehead atoms. The van der Waals surface area contributed by atoms with Crippen LogP contribution in [0.3, 0.4) is 0 Å². The molecule has 13 heavy (non-hydrogen) atoms. The Bertz CT molecular complexity index is 202. The van der Waals surface area contributed by atoms with Crippen LogP contribution >= 0.6 is 7.67 Å². The van der Waals surface area contributed by atoms with Gasteiger partial charge in [0.25, 0.3) is 0 Å². The van der Waals surface area contributed by atoms with E-state index < -0.39 is 7.67 Å². The van der Waals surface area contributed by atoms with Crippen molar-refractivity contribution < 1.29 is 9.46 Å². The van der Waals surface area contributed by atoms with E-state index in [1.165, 1.54) is 0 Å². The van der Waals surface area contributed by atoms with Gasteiger partial charge in [-0.1, -0.05) is 0 Å². The van der Waals surface area contributed by atoms with Crippen molar-refractivity contribution in [2.24, 2.45) is 0 Å². The van der Waals surface area contributed by atoms with Crippen molar-refractivity contribution in [1.29, 1.82) is 0 Å². The lowest BCUT2D eigenvalue weighted by atomic mass is 10.4. The van der Waals surface area contributed by atoms with Gasteiger partial charge in [-0.3, -0.25) is 4.57 Å². The van der Waals surface area contributed by atoms with Gasteiger partial charge in [0.15, 0.2) is 0 Å². The van der Waals surface area contributed by atoms with Crippen molar-refractivity contribution in [1.82, 2.24) is 9.34 Å². The summed E-state index contributed by atoms with van der Waals surface area (Å²) >= 11 is 0. The molecule has 0 aromatic carbocycles. The van der Waals surface area contributed by atoms with Crippen molar-refractivity contribution in [3.05, 3.63) is 0 Å². The predicted molar refractivity (Wildman–Crippen MR) is 51.4 cm³/mol. The Balaban J connectivity index is 2.04. The molecule has 0 spiro atoms. The first-order valence-electron chi connectivity index (χ1n) is 5.05. The quantitative estimate of drug-likeness (QED) is 0.688. The number of hydrogen-bond donors (Lipinski definition) is 1. The molecule has 0 atom stereocenters. The number of hydrogen-bond acceptors (Lipinski definition) is 1. The monoisotopic (exact) mass is 204 g/mol. The van der Waals surface area contributed by atoms with Gasteiger partial charge in [0.05, 0.1) is 0 Å². The van der Waals surface area contributed by atoms with Gasteiger partial charge in [-0.05, 0) is 25.7 Å². The fraction of sp³-hybridized carbons (Fsp3) is 1.00. The zero-order valence-corrected chi connectivity index (χ0v) is 8.75. The molecular weight excluding hydrogens is 187 g/mol. The summed E-state index contributed by atoms with van der Waals surface area (Å²) in [5.41, 5.74) is 0. The smallest absolute Gasteiger partial charge is 0.322 e. The molecule has 0 aromatic rings. The van der Waals surface area contributed by atoms with E-state index in [-0.39, 0.29) is 0 Å². The molecule has 2 heterocycles. The third kappa shape index (κ3) is 1.82.